The zero-order valence-electron chi connectivity index (χ0n) is 6.51. The molecule has 0 aliphatic rings. The third kappa shape index (κ3) is 1.16. The number of aromatic hydroxyl groups is 1. The van der Waals surface area contributed by atoms with Gasteiger partial charge in [0.2, 0.25) is 0 Å². The second kappa shape index (κ2) is 2.62. The smallest absolute Gasteiger partial charge is 0.129 e. The third-order valence-corrected chi connectivity index (χ3v) is 2.49. The fourth-order valence-corrected chi connectivity index (χ4v) is 2.04. The van der Waals surface area contributed by atoms with E-state index < -0.39 is 0 Å². The van der Waals surface area contributed by atoms with Gasteiger partial charge >= 0.3 is 0 Å². The van der Waals surface area contributed by atoms with Crippen LogP contribution in [0.4, 0.5) is 0 Å². The Hall–Kier alpha value is -0.500. The van der Waals surface area contributed by atoms with Crippen molar-refractivity contribution in [3.8, 4) is 5.75 Å². The van der Waals surface area contributed by atoms with Crippen molar-refractivity contribution in [2.45, 2.75) is 26.7 Å². The summed E-state index contributed by atoms with van der Waals surface area (Å²) in [4.78, 5) is 1.23. The predicted molar refractivity (Wildman–Crippen MR) is 44.8 cm³/mol. The first kappa shape index (κ1) is 7.61. The van der Waals surface area contributed by atoms with Crippen LogP contribution in [0.15, 0.2) is 5.38 Å². The molecule has 2 heteroatoms. The predicted octanol–water partition coefficient (Wildman–Crippen LogP) is 2.89. The minimum absolute atomic E-state index is 0.436. The van der Waals surface area contributed by atoms with Crippen molar-refractivity contribution in [3.63, 3.8) is 0 Å². The molecular weight excluding hydrogens is 144 g/mol. The van der Waals surface area contributed by atoms with Gasteiger partial charge in [0.25, 0.3) is 0 Å². The zero-order chi connectivity index (χ0) is 7.72. The Morgan fingerprint density at radius 1 is 1.50 bits per heavy atom. The first-order chi connectivity index (χ1) is 4.63. The number of aryl methyl sites for hydroxylation is 1. The Morgan fingerprint density at radius 2 is 2.10 bits per heavy atom. The molecule has 0 bridgehead atoms. The molecule has 1 heterocycles. The molecular formula is C8H12OS. The lowest BCUT2D eigenvalue weighted by Gasteiger charge is -2.03. The minimum atomic E-state index is 0.436. The molecule has 0 saturated carbocycles. The van der Waals surface area contributed by atoms with E-state index in [9.17, 15) is 5.11 Å². The lowest BCUT2D eigenvalue weighted by Crippen LogP contribution is -1.85. The van der Waals surface area contributed by atoms with E-state index >= 15 is 0 Å². The average Bonchev–Trinajstić information content (AvgIpc) is 2.11. The molecule has 0 aliphatic heterocycles. The summed E-state index contributed by atoms with van der Waals surface area (Å²) in [7, 11) is 0. The van der Waals surface area contributed by atoms with Crippen LogP contribution in [0.2, 0.25) is 0 Å². The first-order valence-corrected chi connectivity index (χ1v) is 4.28. The monoisotopic (exact) mass is 156 g/mol. The highest BCUT2D eigenvalue weighted by Gasteiger charge is 2.09. The molecule has 1 aromatic heterocycles. The molecule has 0 saturated heterocycles. The second-order valence-electron chi connectivity index (χ2n) is 2.75. The van der Waals surface area contributed by atoms with Gasteiger partial charge in [-0.3, -0.25) is 0 Å². The van der Waals surface area contributed by atoms with E-state index in [1.165, 1.54) is 4.88 Å². The van der Waals surface area contributed by atoms with Crippen LogP contribution < -0.4 is 0 Å². The van der Waals surface area contributed by atoms with Gasteiger partial charge in [0.1, 0.15) is 5.75 Å². The lowest BCUT2D eigenvalue weighted by atomic mass is 10.0. The van der Waals surface area contributed by atoms with Crippen LogP contribution in [0.1, 0.15) is 30.2 Å². The molecule has 0 amide bonds. The van der Waals surface area contributed by atoms with Gasteiger partial charge in [-0.25, -0.2) is 0 Å². The minimum Gasteiger partial charge on any atom is -0.507 e. The van der Waals surface area contributed by atoms with Crippen molar-refractivity contribution >= 4 is 11.3 Å². The van der Waals surface area contributed by atoms with Gasteiger partial charge in [0.05, 0.1) is 0 Å². The Kier molecular flexibility index (Phi) is 2.00. The average molecular weight is 156 g/mol. The summed E-state index contributed by atoms with van der Waals surface area (Å²) >= 11 is 1.61. The third-order valence-electron chi connectivity index (χ3n) is 1.58. The van der Waals surface area contributed by atoms with Gasteiger partial charge in [-0.1, -0.05) is 13.8 Å². The summed E-state index contributed by atoms with van der Waals surface area (Å²) in [5.74, 6) is 0.892. The quantitative estimate of drug-likeness (QED) is 0.663. The maximum atomic E-state index is 9.31. The highest BCUT2D eigenvalue weighted by atomic mass is 32.1. The highest BCUT2D eigenvalue weighted by molar-refractivity contribution is 7.10. The maximum absolute atomic E-state index is 9.31. The van der Waals surface area contributed by atoms with E-state index in [4.69, 9.17) is 0 Å². The van der Waals surface area contributed by atoms with Crippen molar-refractivity contribution < 1.29 is 5.11 Å². The number of hydrogen-bond acceptors (Lipinski definition) is 2. The topological polar surface area (TPSA) is 20.2 Å². The molecule has 0 aliphatic carbocycles. The SMILES string of the molecule is Cc1scc(O)c1C(C)C. The molecule has 56 valence electrons. The normalized spacial score (nSPS) is 10.8. The largest absolute Gasteiger partial charge is 0.507 e. The molecule has 0 fully saturated rings. The van der Waals surface area contributed by atoms with E-state index in [2.05, 4.69) is 13.8 Å². The molecule has 1 aromatic rings. The van der Waals surface area contributed by atoms with Gasteiger partial charge in [0.15, 0.2) is 0 Å². The molecule has 0 aromatic carbocycles. The van der Waals surface area contributed by atoms with Crippen LogP contribution >= 0.6 is 11.3 Å². The second-order valence-corrected chi connectivity index (χ2v) is 3.83. The van der Waals surface area contributed by atoms with Crippen LogP contribution in [0.25, 0.3) is 0 Å². The summed E-state index contributed by atoms with van der Waals surface area (Å²) in [6, 6.07) is 0. The van der Waals surface area contributed by atoms with Crippen LogP contribution in [0.3, 0.4) is 0 Å². The Labute approximate surface area is 65.3 Å². The van der Waals surface area contributed by atoms with Gasteiger partial charge in [-0.05, 0) is 12.8 Å². The van der Waals surface area contributed by atoms with Gasteiger partial charge < -0.3 is 5.11 Å². The van der Waals surface area contributed by atoms with E-state index in [-0.39, 0.29) is 0 Å². The lowest BCUT2D eigenvalue weighted by molar-refractivity contribution is 0.467. The van der Waals surface area contributed by atoms with Crippen molar-refractivity contribution in [1.82, 2.24) is 0 Å². The molecule has 0 radical (unpaired) electrons. The number of thiophene rings is 1. The Balaban J connectivity index is 3.10. The van der Waals surface area contributed by atoms with Crippen LogP contribution in [-0.4, -0.2) is 5.11 Å². The Bertz CT molecular complexity index is 206. The van der Waals surface area contributed by atoms with Crippen LogP contribution in [-0.2, 0) is 0 Å². The van der Waals surface area contributed by atoms with Gasteiger partial charge in [-0.15, -0.1) is 11.3 Å². The van der Waals surface area contributed by atoms with Crippen LogP contribution in [0.5, 0.6) is 5.75 Å². The molecule has 1 N–H and O–H groups in total. The first-order valence-electron chi connectivity index (χ1n) is 3.40. The summed E-state index contributed by atoms with van der Waals surface area (Å²) in [6.07, 6.45) is 0. The Morgan fingerprint density at radius 3 is 2.30 bits per heavy atom. The fourth-order valence-electron chi connectivity index (χ4n) is 1.15. The zero-order valence-corrected chi connectivity index (χ0v) is 7.33. The van der Waals surface area contributed by atoms with Crippen LogP contribution in [0, 0.1) is 6.92 Å². The fraction of sp³-hybridized carbons (Fsp3) is 0.500. The number of hydrogen-bond donors (Lipinski definition) is 1. The van der Waals surface area contributed by atoms with E-state index in [0.717, 1.165) is 5.56 Å². The van der Waals surface area contributed by atoms with Gasteiger partial charge in [0, 0.05) is 15.8 Å². The van der Waals surface area contributed by atoms with Crippen molar-refractivity contribution in [1.29, 1.82) is 0 Å². The number of rotatable bonds is 1. The molecule has 10 heavy (non-hydrogen) atoms. The van der Waals surface area contributed by atoms with Crippen molar-refractivity contribution in [2.75, 3.05) is 0 Å². The summed E-state index contributed by atoms with van der Waals surface area (Å²) < 4.78 is 0. The molecule has 1 rings (SSSR count). The molecule has 0 atom stereocenters. The maximum Gasteiger partial charge on any atom is 0.129 e. The molecule has 0 spiro atoms. The summed E-state index contributed by atoms with van der Waals surface area (Å²) in [5.41, 5.74) is 1.10. The van der Waals surface area contributed by atoms with Crippen molar-refractivity contribution in [3.05, 3.63) is 15.8 Å². The van der Waals surface area contributed by atoms with E-state index in [0.29, 0.717) is 11.7 Å². The molecule has 1 nitrogen and oxygen atoms in total. The standard InChI is InChI=1S/C8H12OS/c1-5(2)8-6(3)10-4-7(8)9/h4-5,9H,1-3H3. The summed E-state index contributed by atoms with van der Waals surface area (Å²) in [6.45, 7) is 6.23. The van der Waals surface area contributed by atoms with E-state index in [1.54, 1.807) is 16.7 Å². The highest BCUT2D eigenvalue weighted by Crippen LogP contribution is 2.33. The van der Waals surface area contributed by atoms with E-state index in [1.807, 2.05) is 6.92 Å². The van der Waals surface area contributed by atoms with Crippen molar-refractivity contribution in [2.24, 2.45) is 0 Å². The molecule has 0 unspecified atom stereocenters. The van der Waals surface area contributed by atoms with Gasteiger partial charge in [-0.2, -0.15) is 0 Å². The summed E-state index contributed by atoms with van der Waals surface area (Å²) in [5, 5.41) is 11.1.